The van der Waals surface area contributed by atoms with Gasteiger partial charge in [0.2, 0.25) is 0 Å². The van der Waals surface area contributed by atoms with Gasteiger partial charge in [0.15, 0.2) is 0 Å². The van der Waals surface area contributed by atoms with Crippen LogP contribution in [0.3, 0.4) is 0 Å². The molecule has 24 heavy (non-hydrogen) atoms. The molecule has 0 saturated carbocycles. The van der Waals surface area contributed by atoms with Gasteiger partial charge in [0.1, 0.15) is 5.65 Å². The number of amides is 1. The van der Waals surface area contributed by atoms with Crippen LogP contribution < -0.4 is 21.9 Å². The maximum Gasteiger partial charge on any atom is 0.327 e. The summed E-state index contributed by atoms with van der Waals surface area (Å²) in [5.74, 6) is -0.265. The Morgan fingerprint density at radius 3 is 2.75 bits per heavy atom. The summed E-state index contributed by atoms with van der Waals surface area (Å²) in [7, 11) is 0. The number of H-pyrrole nitrogens is 2. The molecule has 2 unspecified atom stereocenters. The van der Waals surface area contributed by atoms with Gasteiger partial charge in [-0.1, -0.05) is 0 Å². The molecule has 2 atom stereocenters. The van der Waals surface area contributed by atoms with E-state index in [1.165, 1.54) is 12.3 Å². The molecule has 3 rings (SSSR count). The van der Waals surface area contributed by atoms with E-state index in [1.807, 2.05) is 0 Å². The smallest absolute Gasteiger partial charge is 0.327 e. The second-order valence-electron chi connectivity index (χ2n) is 5.58. The fraction of sp³-hybridized carbons (Fsp3) is 0.429. The molecule has 1 aliphatic heterocycles. The molecule has 8 nitrogen and oxygen atoms in total. The van der Waals surface area contributed by atoms with Crippen LogP contribution in [0.2, 0.25) is 0 Å². The molecule has 1 saturated heterocycles. The van der Waals surface area contributed by atoms with Gasteiger partial charge in [0, 0.05) is 18.3 Å². The average Bonchev–Trinajstić information content (AvgIpc) is 2.46. The number of aromatic amines is 2. The molecule has 2 aromatic rings. The van der Waals surface area contributed by atoms with Crippen LogP contribution in [-0.4, -0.2) is 39.5 Å². The standard InChI is InChI=1S/C14H17N5O3.2ClH/c1-7-4-9(2-3-15-7)17-12(20)8-5-10-11(16-6-8)18-14(22)19-13(10)21;;/h5-7,9,15H,2-4H2,1H3,(H,17,20)(H2,16,18,19,21,22);2*1H. The summed E-state index contributed by atoms with van der Waals surface area (Å²) in [5, 5.41) is 6.46. The predicted octanol–water partition coefficient (Wildman–Crippen LogP) is 0.325. The average molecular weight is 376 g/mol. The number of carbonyl (C=O) groups is 1. The second-order valence-corrected chi connectivity index (χ2v) is 5.58. The van der Waals surface area contributed by atoms with Gasteiger partial charge in [-0.2, -0.15) is 0 Å². The molecule has 0 aliphatic carbocycles. The Bertz CT molecular complexity index is 835. The van der Waals surface area contributed by atoms with Crippen LogP contribution in [0.5, 0.6) is 0 Å². The zero-order valence-electron chi connectivity index (χ0n) is 12.9. The first-order valence-electron chi connectivity index (χ1n) is 7.19. The van der Waals surface area contributed by atoms with E-state index >= 15 is 0 Å². The molecule has 10 heteroatoms. The molecule has 0 bridgehead atoms. The first kappa shape index (κ1) is 20.1. The summed E-state index contributed by atoms with van der Waals surface area (Å²) in [6.07, 6.45) is 3.09. The van der Waals surface area contributed by atoms with Crippen molar-refractivity contribution in [2.24, 2.45) is 0 Å². The molecule has 2 aromatic heterocycles. The Morgan fingerprint density at radius 1 is 1.29 bits per heavy atom. The third kappa shape index (κ3) is 4.34. The Hall–Kier alpha value is -1.90. The normalized spacial score (nSPS) is 19.9. The number of nitrogens with one attached hydrogen (secondary N) is 4. The van der Waals surface area contributed by atoms with E-state index in [4.69, 9.17) is 0 Å². The van der Waals surface area contributed by atoms with Crippen LogP contribution in [0.15, 0.2) is 21.9 Å². The Kier molecular flexibility index (Phi) is 6.94. The number of aromatic nitrogens is 3. The summed E-state index contributed by atoms with van der Waals surface area (Å²) in [4.78, 5) is 43.7. The SMILES string of the molecule is CC1CC(NC(=O)c2cnc3[nH]c(=O)[nH]c(=O)c3c2)CCN1.Cl.Cl. The van der Waals surface area contributed by atoms with Gasteiger partial charge >= 0.3 is 5.69 Å². The summed E-state index contributed by atoms with van der Waals surface area (Å²) >= 11 is 0. The van der Waals surface area contributed by atoms with E-state index in [-0.39, 0.29) is 47.8 Å². The van der Waals surface area contributed by atoms with Gasteiger partial charge in [0.25, 0.3) is 11.5 Å². The highest BCUT2D eigenvalue weighted by atomic mass is 35.5. The van der Waals surface area contributed by atoms with E-state index in [2.05, 4.69) is 32.5 Å². The van der Waals surface area contributed by atoms with Crippen molar-refractivity contribution in [3.63, 3.8) is 0 Å². The van der Waals surface area contributed by atoms with Crippen molar-refractivity contribution >= 4 is 41.8 Å². The zero-order valence-corrected chi connectivity index (χ0v) is 14.6. The summed E-state index contributed by atoms with van der Waals surface area (Å²) in [6, 6.07) is 1.91. The number of hydrogen-bond donors (Lipinski definition) is 4. The summed E-state index contributed by atoms with van der Waals surface area (Å²) in [5.41, 5.74) is -0.709. The van der Waals surface area contributed by atoms with Crippen LogP contribution in [0.4, 0.5) is 0 Å². The number of hydrogen-bond acceptors (Lipinski definition) is 5. The molecule has 3 heterocycles. The van der Waals surface area contributed by atoms with Crippen molar-refractivity contribution in [2.45, 2.75) is 31.8 Å². The number of carbonyl (C=O) groups excluding carboxylic acids is 1. The van der Waals surface area contributed by atoms with Gasteiger partial charge in [-0.15, -0.1) is 24.8 Å². The summed E-state index contributed by atoms with van der Waals surface area (Å²) < 4.78 is 0. The van der Waals surface area contributed by atoms with Crippen molar-refractivity contribution in [1.29, 1.82) is 0 Å². The molecule has 1 aliphatic rings. The first-order chi connectivity index (χ1) is 10.5. The molecule has 4 N–H and O–H groups in total. The lowest BCUT2D eigenvalue weighted by Gasteiger charge is -2.28. The monoisotopic (exact) mass is 375 g/mol. The number of pyridine rings is 1. The Labute approximate surface area is 149 Å². The molecule has 132 valence electrons. The minimum Gasteiger partial charge on any atom is -0.349 e. The van der Waals surface area contributed by atoms with E-state index in [9.17, 15) is 14.4 Å². The molecule has 1 amide bonds. The number of nitrogens with zero attached hydrogens (tertiary/aromatic N) is 1. The lowest BCUT2D eigenvalue weighted by molar-refractivity contribution is 0.0925. The van der Waals surface area contributed by atoms with Gasteiger partial charge in [-0.05, 0) is 32.4 Å². The zero-order chi connectivity index (χ0) is 15.7. The first-order valence-corrected chi connectivity index (χ1v) is 7.19. The van der Waals surface area contributed by atoms with Gasteiger partial charge in [0.05, 0.1) is 10.9 Å². The molecule has 1 fully saturated rings. The van der Waals surface area contributed by atoms with E-state index in [1.54, 1.807) is 0 Å². The molecular weight excluding hydrogens is 357 g/mol. The quantitative estimate of drug-likeness (QED) is 0.602. The van der Waals surface area contributed by atoms with Crippen molar-refractivity contribution in [3.05, 3.63) is 38.7 Å². The maximum absolute atomic E-state index is 12.3. The Balaban J connectivity index is 0.00000144. The second kappa shape index (κ2) is 8.27. The third-order valence-corrected chi connectivity index (χ3v) is 3.81. The van der Waals surface area contributed by atoms with Crippen molar-refractivity contribution < 1.29 is 4.79 Å². The minimum absolute atomic E-state index is 0. The van der Waals surface area contributed by atoms with Crippen LogP contribution in [-0.2, 0) is 0 Å². The largest absolute Gasteiger partial charge is 0.349 e. The summed E-state index contributed by atoms with van der Waals surface area (Å²) in [6.45, 7) is 2.94. The topological polar surface area (TPSA) is 120 Å². The molecule has 0 aromatic carbocycles. The van der Waals surface area contributed by atoms with E-state index in [0.717, 1.165) is 19.4 Å². The fourth-order valence-corrected chi connectivity index (χ4v) is 2.70. The van der Waals surface area contributed by atoms with Crippen molar-refractivity contribution in [1.82, 2.24) is 25.6 Å². The predicted molar refractivity (Wildman–Crippen MR) is 95.4 cm³/mol. The molecular formula is C14H19Cl2N5O3. The lowest BCUT2D eigenvalue weighted by Crippen LogP contribution is -2.46. The highest BCUT2D eigenvalue weighted by molar-refractivity contribution is 5.96. The van der Waals surface area contributed by atoms with E-state index < -0.39 is 11.2 Å². The number of piperidine rings is 1. The van der Waals surface area contributed by atoms with Crippen LogP contribution in [0.1, 0.15) is 30.1 Å². The van der Waals surface area contributed by atoms with Gasteiger partial charge in [-0.25, -0.2) is 9.78 Å². The van der Waals surface area contributed by atoms with Gasteiger partial charge < -0.3 is 10.6 Å². The van der Waals surface area contributed by atoms with Crippen LogP contribution >= 0.6 is 24.8 Å². The number of rotatable bonds is 2. The number of fused-ring (bicyclic) bond motifs is 1. The minimum atomic E-state index is -0.620. The fourth-order valence-electron chi connectivity index (χ4n) is 2.70. The molecule has 0 radical (unpaired) electrons. The van der Waals surface area contributed by atoms with Gasteiger partial charge in [-0.3, -0.25) is 19.6 Å². The highest BCUT2D eigenvalue weighted by Gasteiger charge is 2.20. The lowest BCUT2D eigenvalue weighted by atomic mass is 10.0. The van der Waals surface area contributed by atoms with Crippen LogP contribution in [0, 0.1) is 0 Å². The molecule has 0 spiro atoms. The third-order valence-electron chi connectivity index (χ3n) is 3.81. The Morgan fingerprint density at radius 2 is 2.04 bits per heavy atom. The number of halogens is 2. The van der Waals surface area contributed by atoms with Crippen molar-refractivity contribution in [2.75, 3.05) is 6.54 Å². The van der Waals surface area contributed by atoms with Crippen LogP contribution in [0.25, 0.3) is 11.0 Å². The van der Waals surface area contributed by atoms with E-state index in [0.29, 0.717) is 11.6 Å². The maximum atomic E-state index is 12.3. The van der Waals surface area contributed by atoms with Crippen molar-refractivity contribution in [3.8, 4) is 0 Å². The highest BCUT2D eigenvalue weighted by Crippen LogP contribution is 2.10.